The van der Waals surface area contributed by atoms with Crippen LogP contribution in [-0.4, -0.2) is 16.8 Å². The second-order valence-electron chi connectivity index (χ2n) is 3.80. The first-order valence-electron chi connectivity index (χ1n) is 4.98. The van der Waals surface area contributed by atoms with Crippen LogP contribution in [0.1, 0.15) is 40.0 Å². The summed E-state index contributed by atoms with van der Waals surface area (Å²) in [5.74, 6) is 2.28. The Kier molecular flexibility index (Phi) is 7.14. The van der Waals surface area contributed by atoms with Crippen LogP contribution >= 0.6 is 11.8 Å². The number of hydrogen-bond donors (Lipinski definition) is 2. The van der Waals surface area contributed by atoms with Gasteiger partial charge in [-0.3, -0.25) is 5.41 Å². The van der Waals surface area contributed by atoms with Crippen LogP contribution in [0.15, 0.2) is 0 Å². The van der Waals surface area contributed by atoms with Gasteiger partial charge in [0, 0.05) is 11.7 Å². The predicted octanol–water partition coefficient (Wildman–Crippen LogP) is 2.87. The van der Waals surface area contributed by atoms with Crippen LogP contribution in [0.2, 0.25) is 0 Å². The number of nitrogens with one attached hydrogen (secondary N) is 1. The number of thioether (sulfide) groups is 1. The second-order valence-corrected chi connectivity index (χ2v) is 5.29. The molecule has 0 radical (unpaired) electrons. The Morgan fingerprint density at radius 1 is 1.31 bits per heavy atom. The molecule has 0 saturated carbocycles. The molecule has 3 heteroatoms. The molecule has 0 saturated heterocycles. The van der Waals surface area contributed by atoms with E-state index in [1.807, 2.05) is 11.8 Å². The average molecular weight is 202 g/mol. The van der Waals surface area contributed by atoms with E-state index in [4.69, 9.17) is 11.1 Å². The third-order valence-corrected chi connectivity index (χ3v) is 3.75. The lowest BCUT2D eigenvalue weighted by molar-refractivity contribution is 0.641. The molecule has 0 amide bonds. The number of nitrogens with two attached hydrogens (primary N) is 1. The van der Waals surface area contributed by atoms with E-state index in [1.54, 1.807) is 0 Å². The van der Waals surface area contributed by atoms with Crippen molar-refractivity contribution in [3.8, 4) is 0 Å². The third-order valence-electron chi connectivity index (χ3n) is 2.16. The number of hydrogen-bond acceptors (Lipinski definition) is 2. The van der Waals surface area contributed by atoms with Crippen LogP contribution < -0.4 is 5.73 Å². The smallest absolute Gasteiger partial charge is 0.0905 e. The summed E-state index contributed by atoms with van der Waals surface area (Å²) in [6, 6.07) is 0. The summed E-state index contributed by atoms with van der Waals surface area (Å²) in [7, 11) is 0. The number of unbranched alkanes of at least 4 members (excludes halogenated alkanes) is 1. The fourth-order valence-corrected chi connectivity index (χ4v) is 2.01. The van der Waals surface area contributed by atoms with Gasteiger partial charge in [-0.15, -0.1) is 0 Å². The molecule has 0 aliphatic rings. The molecule has 13 heavy (non-hydrogen) atoms. The summed E-state index contributed by atoms with van der Waals surface area (Å²) >= 11 is 2.02. The zero-order chi connectivity index (χ0) is 10.3. The summed E-state index contributed by atoms with van der Waals surface area (Å²) in [5.41, 5.74) is 5.26. The number of amidine groups is 1. The highest BCUT2D eigenvalue weighted by atomic mass is 32.2. The Labute approximate surface area is 86.2 Å². The summed E-state index contributed by atoms with van der Waals surface area (Å²) < 4.78 is 0. The van der Waals surface area contributed by atoms with Crippen molar-refractivity contribution < 1.29 is 0 Å². The van der Waals surface area contributed by atoms with Gasteiger partial charge in [0.25, 0.3) is 0 Å². The van der Waals surface area contributed by atoms with Crippen LogP contribution in [-0.2, 0) is 0 Å². The van der Waals surface area contributed by atoms with E-state index in [9.17, 15) is 0 Å². The van der Waals surface area contributed by atoms with Crippen molar-refractivity contribution in [3.63, 3.8) is 0 Å². The van der Waals surface area contributed by atoms with Gasteiger partial charge in [-0.05, 0) is 24.5 Å². The average Bonchev–Trinajstić information content (AvgIpc) is 2.02. The van der Waals surface area contributed by atoms with Crippen molar-refractivity contribution in [2.75, 3.05) is 5.75 Å². The number of rotatable bonds is 7. The molecule has 0 aliphatic carbocycles. The summed E-state index contributed by atoms with van der Waals surface area (Å²) in [4.78, 5) is 0. The zero-order valence-electron chi connectivity index (χ0n) is 8.97. The molecule has 78 valence electrons. The first kappa shape index (κ1) is 12.8. The molecular formula is C10H22N2S. The van der Waals surface area contributed by atoms with Crippen LogP contribution in [0.5, 0.6) is 0 Å². The minimum Gasteiger partial charge on any atom is -0.388 e. The topological polar surface area (TPSA) is 49.9 Å². The second kappa shape index (κ2) is 7.25. The molecule has 0 aromatic carbocycles. The van der Waals surface area contributed by atoms with Crippen molar-refractivity contribution in [3.05, 3.63) is 0 Å². The Morgan fingerprint density at radius 2 is 1.92 bits per heavy atom. The quantitative estimate of drug-likeness (QED) is 0.379. The highest BCUT2D eigenvalue weighted by Crippen LogP contribution is 2.19. The van der Waals surface area contributed by atoms with Crippen LogP contribution in [0.4, 0.5) is 0 Å². The van der Waals surface area contributed by atoms with Gasteiger partial charge in [-0.25, -0.2) is 0 Å². The first-order valence-corrected chi connectivity index (χ1v) is 6.03. The van der Waals surface area contributed by atoms with E-state index < -0.39 is 0 Å². The molecule has 0 spiro atoms. The molecule has 0 rings (SSSR count). The highest BCUT2D eigenvalue weighted by Gasteiger charge is 2.06. The van der Waals surface area contributed by atoms with E-state index in [1.165, 1.54) is 12.2 Å². The van der Waals surface area contributed by atoms with Crippen molar-refractivity contribution >= 4 is 17.6 Å². The molecule has 2 nitrogen and oxygen atoms in total. The van der Waals surface area contributed by atoms with Crippen LogP contribution in [0.25, 0.3) is 0 Å². The standard InChI is InChI=1S/C10H22N2S/c1-8(2)9(3)13-7-5-4-6-10(11)12/h8-9H,4-7H2,1-3H3,(H3,11,12). The Balaban J connectivity index is 3.21. The molecule has 1 atom stereocenters. The predicted molar refractivity (Wildman–Crippen MR) is 62.5 cm³/mol. The highest BCUT2D eigenvalue weighted by molar-refractivity contribution is 7.99. The van der Waals surface area contributed by atoms with E-state index >= 15 is 0 Å². The Bertz CT molecular complexity index is 146. The summed E-state index contributed by atoms with van der Waals surface area (Å²) in [6.07, 6.45) is 3.01. The maximum absolute atomic E-state index is 7.05. The van der Waals surface area contributed by atoms with E-state index in [-0.39, 0.29) is 0 Å². The fraction of sp³-hybridized carbons (Fsp3) is 0.900. The molecule has 0 heterocycles. The van der Waals surface area contributed by atoms with Gasteiger partial charge in [0.1, 0.15) is 0 Å². The largest absolute Gasteiger partial charge is 0.388 e. The monoisotopic (exact) mass is 202 g/mol. The molecule has 0 bridgehead atoms. The van der Waals surface area contributed by atoms with E-state index in [0.29, 0.717) is 5.84 Å². The van der Waals surface area contributed by atoms with Gasteiger partial charge in [0.2, 0.25) is 0 Å². The van der Waals surface area contributed by atoms with Gasteiger partial charge < -0.3 is 5.73 Å². The Hall–Kier alpha value is -0.180. The minimum atomic E-state index is 0.321. The van der Waals surface area contributed by atoms with Crippen molar-refractivity contribution in [2.24, 2.45) is 11.7 Å². The maximum Gasteiger partial charge on any atom is 0.0905 e. The third kappa shape index (κ3) is 8.16. The Morgan fingerprint density at radius 3 is 2.38 bits per heavy atom. The first-order chi connectivity index (χ1) is 6.04. The molecule has 0 aliphatic heterocycles. The van der Waals surface area contributed by atoms with E-state index in [0.717, 1.165) is 24.0 Å². The summed E-state index contributed by atoms with van der Waals surface area (Å²) in [6.45, 7) is 6.79. The molecule has 0 aromatic rings. The lowest BCUT2D eigenvalue weighted by atomic mass is 10.2. The molecule has 0 fully saturated rings. The molecular weight excluding hydrogens is 180 g/mol. The lowest BCUT2D eigenvalue weighted by Gasteiger charge is -2.14. The minimum absolute atomic E-state index is 0.321. The van der Waals surface area contributed by atoms with Gasteiger partial charge >= 0.3 is 0 Å². The zero-order valence-corrected chi connectivity index (χ0v) is 9.79. The van der Waals surface area contributed by atoms with Gasteiger partial charge in [0.15, 0.2) is 0 Å². The van der Waals surface area contributed by atoms with Crippen LogP contribution in [0.3, 0.4) is 0 Å². The van der Waals surface area contributed by atoms with E-state index in [2.05, 4.69) is 20.8 Å². The van der Waals surface area contributed by atoms with Gasteiger partial charge in [-0.1, -0.05) is 20.8 Å². The van der Waals surface area contributed by atoms with Crippen molar-refractivity contribution in [1.82, 2.24) is 0 Å². The summed E-state index contributed by atoms with van der Waals surface area (Å²) in [5, 5.41) is 7.80. The lowest BCUT2D eigenvalue weighted by Crippen LogP contribution is -2.09. The molecule has 3 N–H and O–H groups in total. The van der Waals surface area contributed by atoms with Crippen molar-refractivity contribution in [2.45, 2.75) is 45.3 Å². The van der Waals surface area contributed by atoms with Gasteiger partial charge in [-0.2, -0.15) is 11.8 Å². The fourth-order valence-electron chi connectivity index (χ4n) is 0.879. The SMILES string of the molecule is CC(C)C(C)SCCCCC(=N)N. The van der Waals surface area contributed by atoms with Crippen molar-refractivity contribution in [1.29, 1.82) is 5.41 Å². The van der Waals surface area contributed by atoms with Crippen LogP contribution in [0, 0.1) is 11.3 Å². The maximum atomic E-state index is 7.05. The normalized spacial score (nSPS) is 13.2. The molecule has 1 unspecified atom stereocenters. The molecule has 0 aromatic heterocycles. The van der Waals surface area contributed by atoms with Gasteiger partial charge in [0.05, 0.1) is 5.84 Å².